The van der Waals surface area contributed by atoms with Gasteiger partial charge in [0.25, 0.3) is 11.8 Å². The number of amides is 4. The monoisotopic (exact) mass is 855 g/mol. The molecule has 3 aromatic heterocycles. The van der Waals surface area contributed by atoms with Crippen molar-refractivity contribution in [2.24, 2.45) is 0 Å². The molecule has 7 aromatic rings. The lowest BCUT2D eigenvalue weighted by molar-refractivity contribution is -0.135. The molecule has 0 aliphatic carbocycles. The zero-order valence-electron chi connectivity index (χ0n) is 35.2. The number of methoxy groups -OCH3 is 2. The third-order valence-corrected chi connectivity index (χ3v) is 11.8. The number of imidazole rings is 2. The number of likely N-dealkylation sites (tertiary alicyclic amines) is 2. The Labute approximate surface area is 368 Å². The van der Waals surface area contributed by atoms with E-state index in [2.05, 4.69) is 32.4 Å². The van der Waals surface area contributed by atoms with Crippen molar-refractivity contribution in [2.45, 2.75) is 49.9 Å². The standard InChI is InChI=1S/C49H45N9O6/c1-63-48(61)55-42(31-11-5-3-6-12-31)46(59)57-25-9-15-40(57)44-50-29-39(54-44)34-20-24-36-33(28-34)19-22-35(51-36)21-17-30-18-23-37-38(27-30)53-45(52-37)41-16-10-26-58(41)47(60)43(56-49(62)64-2)32-13-7-4-8-14-32/h3-8,11-14,18-20,22-24,27-29,40-43H,9-10,15-16,25-26H2,1-2H3,(H,50,54)(H,52,53)(H,55,61)(H,56,62)/t40-,41-,42+,43+/m0/s1. The minimum absolute atomic E-state index is 0.226. The summed E-state index contributed by atoms with van der Waals surface area (Å²) >= 11 is 0. The molecule has 4 aromatic carbocycles. The van der Waals surface area contributed by atoms with Crippen molar-refractivity contribution in [1.29, 1.82) is 0 Å². The van der Waals surface area contributed by atoms with Crippen LogP contribution in [0.3, 0.4) is 0 Å². The molecule has 2 saturated heterocycles. The van der Waals surface area contributed by atoms with E-state index in [0.717, 1.165) is 64.4 Å². The number of alkyl carbamates (subject to hydrolysis) is 2. The zero-order valence-corrected chi connectivity index (χ0v) is 35.2. The van der Waals surface area contributed by atoms with Gasteiger partial charge in [-0.1, -0.05) is 72.7 Å². The Bertz CT molecular complexity index is 2920. The Kier molecular flexibility index (Phi) is 11.7. The summed E-state index contributed by atoms with van der Waals surface area (Å²) < 4.78 is 9.66. The molecule has 0 bridgehead atoms. The van der Waals surface area contributed by atoms with Crippen LogP contribution in [-0.2, 0) is 19.1 Å². The van der Waals surface area contributed by atoms with E-state index >= 15 is 0 Å². The van der Waals surface area contributed by atoms with E-state index in [4.69, 9.17) is 24.4 Å². The van der Waals surface area contributed by atoms with Crippen LogP contribution in [0, 0.1) is 11.8 Å². The highest BCUT2D eigenvalue weighted by atomic mass is 16.5. The summed E-state index contributed by atoms with van der Waals surface area (Å²) in [6.45, 7) is 1.07. The van der Waals surface area contributed by atoms with Crippen molar-refractivity contribution in [3.8, 4) is 23.1 Å². The average molecular weight is 856 g/mol. The number of H-pyrrole nitrogens is 2. The van der Waals surface area contributed by atoms with Gasteiger partial charge in [-0.2, -0.15) is 0 Å². The Morgan fingerprint density at radius 1 is 0.672 bits per heavy atom. The van der Waals surface area contributed by atoms with Gasteiger partial charge >= 0.3 is 12.2 Å². The third kappa shape index (κ3) is 8.58. The first-order valence-corrected chi connectivity index (χ1v) is 21.1. The molecule has 64 heavy (non-hydrogen) atoms. The summed E-state index contributed by atoms with van der Waals surface area (Å²) in [5, 5.41) is 6.35. The fourth-order valence-corrected chi connectivity index (χ4v) is 8.60. The first-order valence-electron chi connectivity index (χ1n) is 21.1. The molecular formula is C49H45N9O6. The van der Waals surface area contributed by atoms with Gasteiger partial charge in [-0.3, -0.25) is 9.59 Å². The number of benzene rings is 4. The highest BCUT2D eigenvalue weighted by molar-refractivity contribution is 5.89. The van der Waals surface area contributed by atoms with Crippen molar-refractivity contribution >= 4 is 45.9 Å². The molecule has 0 unspecified atom stereocenters. The second-order valence-electron chi connectivity index (χ2n) is 15.7. The molecule has 15 heteroatoms. The van der Waals surface area contributed by atoms with Gasteiger partial charge in [-0.05, 0) is 85.2 Å². The van der Waals surface area contributed by atoms with Crippen molar-refractivity contribution in [1.82, 2.24) is 45.4 Å². The van der Waals surface area contributed by atoms with E-state index in [-0.39, 0.29) is 23.9 Å². The molecule has 2 fully saturated rings. The van der Waals surface area contributed by atoms with E-state index < -0.39 is 24.3 Å². The Balaban J connectivity index is 0.885. The number of hydrogen-bond acceptors (Lipinski definition) is 9. The van der Waals surface area contributed by atoms with Crippen LogP contribution in [0.5, 0.6) is 0 Å². The topological polar surface area (TPSA) is 188 Å². The van der Waals surface area contributed by atoms with Gasteiger partial charge in [0.1, 0.15) is 29.4 Å². The summed E-state index contributed by atoms with van der Waals surface area (Å²) in [6, 6.07) is 31.5. The van der Waals surface area contributed by atoms with Crippen molar-refractivity contribution in [3.05, 3.63) is 149 Å². The average Bonchev–Trinajstić information content (AvgIpc) is 4.18. The molecule has 0 spiro atoms. The van der Waals surface area contributed by atoms with Crippen LogP contribution in [0.15, 0.2) is 115 Å². The number of ether oxygens (including phenoxy) is 2. The fraction of sp³-hybridized carbons (Fsp3) is 0.245. The molecule has 4 amide bonds. The van der Waals surface area contributed by atoms with Crippen molar-refractivity contribution in [3.63, 3.8) is 0 Å². The van der Waals surface area contributed by atoms with Crippen LogP contribution in [0.2, 0.25) is 0 Å². The van der Waals surface area contributed by atoms with Gasteiger partial charge in [-0.25, -0.2) is 24.5 Å². The lowest BCUT2D eigenvalue weighted by atomic mass is 10.1. The van der Waals surface area contributed by atoms with E-state index in [0.29, 0.717) is 41.6 Å². The summed E-state index contributed by atoms with van der Waals surface area (Å²) in [4.78, 5) is 77.2. The predicted molar refractivity (Wildman–Crippen MR) is 238 cm³/mol. The van der Waals surface area contributed by atoms with E-state index in [9.17, 15) is 19.2 Å². The number of pyridine rings is 1. The summed E-state index contributed by atoms with van der Waals surface area (Å²) in [6.07, 6.45) is 3.48. The van der Waals surface area contributed by atoms with Gasteiger partial charge in [0.05, 0.1) is 54.7 Å². The van der Waals surface area contributed by atoms with Gasteiger partial charge in [-0.15, -0.1) is 0 Å². The van der Waals surface area contributed by atoms with Gasteiger partial charge in [0.2, 0.25) is 0 Å². The van der Waals surface area contributed by atoms with E-state index in [1.54, 1.807) is 16.0 Å². The van der Waals surface area contributed by atoms with Crippen LogP contribution in [0.4, 0.5) is 9.59 Å². The molecule has 0 saturated carbocycles. The molecule has 9 rings (SSSR count). The highest BCUT2D eigenvalue weighted by Gasteiger charge is 2.38. The number of fused-ring (bicyclic) bond motifs is 2. The SMILES string of the molecule is COC(=O)N[C@@H](C(=O)N1CCC[C@H]1c1ncc(-c2ccc3nc(C#Cc4ccc5nc([C@@H]6CCCN6C(=O)[C@H](NC(=O)OC)c6ccccc6)[nH]c5c4)ccc3c2)[nH]1)c1ccccc1. The number of carbonyl (C=O) groups excluding carboxylic acids is 4. The zero-order chi connectivity index (χ0) is 44.2. The number of rotatable bonds is 9. The smallest absolute Gasteiger partial charge is 0.407 e. The molecule has 0 radical (unpaired) electrons. The predicted octanol–water partition coefficient (Wildman–Crippen LogP) is 7.42. The number of aromatic nitrogens is 5. The third-order valence-electron chi connectivity index (χ3n) is 11.8. The molecule has 15 nitrogen and oxygen atoms in total. The van der Waals surface area contributed by atoms with Gasteiger partial charge in [0.15, 0.2) is 0 Å². The van der Waals surface area contributed by atoms with Gasteiger partial charge in [0, 0.05) is 29.6 Å². The fourth-order valence-electron chi connectivity index (χ4n) is 8.60. The van der Waals surface area contributed by atoms with Crippen molar-refractivity contribution < 1.29 is 28.7 Å². The van der Waals surface area contributed by atoms with Crippen LogP contribution in [0.25, 0.3) is 33.2 Å². The quantitative estimate of drug-likeness (QED) is 0.107. The second kappa shape index (κ2) is 18.2. The molecule has 4 atom stereocenters. The minimum atomic E-state index is -0.899. The maximum Gasteiger partial charge on any atom is 0.407 e. The van der Waals surface area contributed by atoms with Crippen molar-refractivity contribution in [2.75, 3.05) is 27.3 Å². The first kappa shape index (κ1) is 41.4. The Morgan fingerprint density at radius 3 is 1.91 bits per heavy atom. The Hall–Kier alpha value is -7.99. The molecule has 2 aliphatic heterocycles. The van der Waals surface area contributed by atoms with Gasteiger partial charge < -0.3 is 39.9 Å². The lowest BCUT2D eigenvalue weighted by Crippen LogP contribution is -2.42. The van der Waals surface area contributed by atoms with Crippen LogP contribution >= 0.6 is 0 Å². The van der Waals surface area contributed by atoms with E-state index in [1.165, 1.54) is 14.2 Å². The molecule has 4 N–H and O–H groups in total. The highest BCUT2D eigenvalue weighted by Crippen LogP contribution is 2.36. The number of nitrogens with zero attached hydrogens (tertiary/aromatic N) is 5. The maximum absolute atomic E-state index is 14.0. The largest absolute Gasteiger partial charge is 0.453 e. The molecule has 322 valence electrons. The lowest BCUT2D eigenvalue weighted by Gasteiger charge is -2.28. The van der Waals surface area contributed by atoms with Crippen LogP contribution < -0.4 is 10.6 Å². The number of carbonyl (C=O) groups is 4. The number of aromatic amines is 2. The number of hydrogen-bond donors (Lipinski definition) is 4. The molecule has 5 heterocycles. The normalized spacial score (nSPS) is 16.8. The minimum Gasteiger partial charge on any atom is -0.453 e. The maximum atomic E-state index is 14.0. The van der Waals surface area contributed by atoms with Crippen LogP contribution in [-0.4, -0.2) is 86.0 Å². The first-order chi connectivity index (χ1) is 31.3. The summed E-state index contributed by atoms with van der Waals surface area (Å²) in [5.74, 6) is 7.34. The molecular weight excluding hydrogens is 811 g/mol. The summed E-state index contributed by atoms with van der Waals surface area (Å²) in [7, 11) is 2.55. The second-order valence-corrected chi connectivity index (χ2v) is 15.7. The summed E-state index contributed by atoms with van der Waals surface area (Å²) in [5.41, 5.74) is 6.80. The van der Waals surface area contributed by atoms with Crippen LogP contribution in [0.1, 0.15) is 83.9 Å². The number of nitrogens with one attached hydrogen (secondary N) is 4. The Morgan fingerprint density at radius 2 is 1.28 bits per heavy atom. The van der Waals surface area contributed by atoms with E-state index in [1.807, 2.05) is 109 Å². The molecule has 2 aliphatic rings.